The number of rotatable bonds is 4. The van der Waals surface area contributed by atoms with Crippen LogP contribution >= 0.6 is 0 Å². The van der Waals surface area contributed by atoms with E-state index in [2.05, 4.69) is 24.9 Å². The highest BCUT2D eigenvalue weighted by Crippen LogP contribution is 2.27. The van der Waals surface area contributed by atoms with Gasteiger partial charge in [-0.1, -0.05) is 32.0 Å². The molecule has 4 nitrogen and oxygen atoms in total. The summed E-state index contributed by atoms with van der Waals surface area (Å²) in [5.41, 5.74) is 9.07. The molecule has 3 rings (SSSR count). The van der Waals surface area contributed by atoms with Gasteiger partial charge in [-0.25, -0.2) is 4.98 Å². The first-order valence-corrected chi connectivity index (χ1v) is 7.00. The number of anilines is 1. The van der Waals surface area contributed by atoms with Crippen LogP contribution in [0.15, 0.2) is 46.9 Å². The van der Waals surface area contributed by atoms with Crippen molar-refractivity contribution < 1.29 is 9.15 Å². The third-order valence-corrected chi connectivity index (χ3v) is 3.35. The van der Waals surface area contributed by atoms with Gasteiger partial charge < -0.3 is 14.9 Å². The Morgan fingerprint density at radius 2 is 2.00 bits per heavy atom. The largest absolute Gasteiger partial charge is 0.484 e. The maximum absolute atomic E-state index is 5.86. The van der Waals surface area contributed by atoms with Crippen molar-refractivity contribution >= 4 is 16.8 Å². The van der Waals surface area contributed by atoms with E-state index < -0.39 is 0 Å². The lowest BCUT2D eigenvalue weighted by atomic mass is 10.0. The van der Waals surface area contributed by atoms with Gasteiger partial charge in [-0.2, -0.15) is 0 Å². The molecule has 1 aromatic heterocycles. The molecule has 1 heterocycles. The lowest BCUT2D eigenvalue weighted by molar-refractivity contribution is 0.264. The summed E-state index contributed by atoms with van der Waals surface area (Å²) >= 11 is 0. The third-order valence-electron chi connectivity index (χ3n) is 3.35. The smallest absolute Gasteiger partial charge is 0.233 e. The minimum absolute atomic E-state index is 0.304. The lowest BCUT2D eigenvalue weighted by Gasteiger charge is -2.12. The Bertz CT molecular complexity index is 762. The van der Waals surface area contributed by atoms with Crippen LogP contribution < -0.4 is 10.5 Å². The monoisotopic (exact) mass is 282 g/mol. The molecule has 2 aromatic carbocycles. The van der Waals surface area contributed by atoms with Gasteiger partial charge in [0.05, 0.1) is 0 Å². The van der Waals surface area contributed by atoms with Gasteiger partial charge in [0.15, 0.2) is 12.2 Å². The Kier molecular flexibility index (Phi) is 3.52. The fourth-order valence-corrected chi connectivity index (χ4v) is 2.28. The second-order valence-corrected chi connectivity index (χ2v) is 5.32. The highest BCUT2D eigenvalue weighted by molar-refractivity contribution is 5.76. The Labute approximate surface area is 123 Å². The average molecular weight is 282 g/mol. The minimum atomic E-state index is 0.304. The number of aromatic nitrogens is 1. The van der Waals surface area contributed by atoms with E-state index in [0.29, 0.717) is 24.1 Å². The van der Waals surface area contributed by atoms with E-state index in [1.807, 2.05) is 24.3 Å². The minimum Gasteiger partial charge on any atom is -0.484 e. The summed E-state index contributed by atoms with van der Waals surface area (Å²) in [6.45, 7) is 4.59. The lowest BCUT2D eigenvalue weighted by Crippen LogP contribution is -1.99. The Morgan fingerprint density at radius 3 is 2.81 bits per heavy atom. The fraction of sp³-hybridized carbons (Fsp3) is 0.235. The number of fused-ring (bicyclic) bond motifs is 1. The molecule has 3 aromatic rings. The Balaban J connectivity index is 1.80. The molecule has 0 fully saturated rings. The van der Waals surface area contributed by atoms with Crippen molar-refractivity contribution in [3.63, 3.8) is 0 Å². The third kappa shape index (κ3) is 2.84. The zero-order valence-electron chi connectivity index (χ0n) is 12.2. The molecule has 0 spiro atoms. The summed E-state index contributed by atoms with van der Waals surface area (Å²) in [6, 6.07) is 13.4. The molecule has 0 radical (unpaired) electrons. The molecule has 4 heteroatoms. The van der Waals surface area contributed by atoms with E-state index in [-0.39, 0.29) is 0 Å². The van der Waals surface area contributed by atoms with Crippen molar-refractivity contribution in [2.45, 2.75) is 26.4 Å². The Morgan fingerprint density at radius 1 is 1.19 bits per heavy atom. The standard InChI is InChI=1S/C17H18N2O2/c1-11(2)13-5-3-4-6-15(13)20-10-17-19-14-9-12(18)7-8-16(14)21-17/h3-9,11H,10,18H2,1-2H3. The highest BCUT2D eigenvalue weighted by Gasteiger charge is 2.10. The molecular formula is C17H18N2O2. The van der Waals surface area contributed by atoms with Crippen molar-refractivity contribution in [2.75, 3.05) is 5.73 Å². The summed E-state index contributed by atoms with van der Waals surface area (Å²) in [6.07, 6.45) is 0. The second-order valence-electron chi connectivity index (χ2n) is 5.32. The fourth-order valence-electron chi connectivity index (χ4n) is 2.28. The Hall–Kier alpha value is -2.49. The number of hydrogen-bond acceptors (Lipinski definition) is 4. The summed E-state index contributed by atoms with van der Waals surface area (Å²) in [7, 11) is 0. The number of ether oxygens (including phenoxy) is 1. The van der Waals surface area contributed by atoms with E-state index in [4.69, 9.17) is 14.9 Å². The molecule has 0 atom stereocenters. The van der Waals surface area contributed by atoms with Crippen LogP contribution in [0.3, 0.4) is 0 Å². The molecule has 0 unspecified atom stereocenters. The molecule has 108 valence electrons. The first kappa shape index (κ1) is 13.5. The van der Waals surface area contributed by atoms with Crippen LogP contribution in [0, 0.1) is 0 Å². The molecule has 0 amide bonds. The van der Waals surface area contributed by atoms with Crippen molar-refractivity contribution in [1.29, 1.82) is 0 Å². The summed E-state index contributed by atoms with van der Waals surface area (Å²) in [5.74, 6) is 1.83. The number of nitrogens with two attached hydrogens (primary N) is 1. The molecule has 21 heavy (non-hydrogen) atoms. The molecule has 0 aliphatic carbocycles. The van der Waals surface area contributed by atoms with E-state index in [1.54, 1.807) is 12.1 Å². The van der Waals surface area contributed by atoms with Crippen LogP contribution in [0.2, 0.25) is 0 Å². The summed E-state index contributed by atoms with van der Waals surface area (Å²) in [5, 5.41) is 0. The summed E-state index contributed by atoms with van der Waals surface area (Å²) < 4.78 is 11.5. The first-order valence-electron chi connectivity index (χ1n) is 7.00. The van der Waals surface area contributed by atoms with Gasteiger partial charge in [0.25, 0.3) is 0 Å². The molecule has 0 aliphatic rings. The average Bonchev–Trinajstić information content (AvgIpc) is 2.87. The van der Waals surface area contributed by atoms with E-state index in [9.17, 15) is 0 Å². The van der Waals surface area contributed by atoms with Gasteiger partial charge in [0.1, 0.15) is 11.3 Å². The van der Waals surface area contributed by atoms with Crippen molar-refractivity contribution in [3.8, 4) is 5.75 Å². The molecule has 0 saturated carbocycles. The highest BCUT2D eigenvalue weighted by atomic mass is 16.5. The van der Waals surface area contributed by atoms with E-state index in [1.165, 1.54) is 5.56 Å². The summed E-state index contributed by atoms with van der Waals surface area (Å²) in [4.78, 5) is 4.39. The van der Waals surface area contributed by atoms with Crippen molar-refractivity contribution in [2.24, 2.45) is 0 Å². The first-order chi connectivity index (χ1) is 10.1. The van der Waals surface area contributed by atoms with Crippen LogP contribution in [0.25, 0.3) is 11.1 Å². The van der Waals surface area contributed by atoms with Crippen LogP contribution in [-0.2, 0) is 6.61 Å². The van der Waals surface area contributed by atoms with E-state index in [0.717, 1.165) is 16.8 Å². The van der Waals surface area contributed by atoms with Crippen LogP contribution in [0.5, 0.6) is 5.75 Å². The zero-order valence-corrected chi connectivity index (χ0v) is 12.2. The molecular weight excluding hydrogens is 264 g/mol. The maximum Gasteiger partial charge on any atom is 0.233 e. The number of benzene rings is 2. The quantitative estimate of drug-likeness (QED) is 0.731. The topological polar surface area (TPSA) is 61.3 Å². The van der Waals surface area contributed by atoms with Gasteiger partial charge in [-0.15, -0.1) is 0 Å². The van der Waals surface area contributed by atoms with Crippen molar-refractivity contribution in [1.82, 2.24) is 4.98 Å². The van der Waals surface area contributed by atoms with Gasteiger partial charge in [-0.3, -0.25) is 0 Å². The molecule has 0 aliphatic heterocycles. The van der Waals surface area contributed by atoms with Gasteiger partial charge in [0.2, 0.25) is 5.89 Å². The predicted octanol–water partition coefficient (Wildman–Crippen LogP) is 4.11. The number of para-hydroxylation sites is 1. The SMILES string of the molecule is CC(C)c1ccccc1OCc1nc2cc(N)ccc2o1. The van der Waals surface area contributed by atoms with Gasteiger partial charge in [-0.05, 0) is 35.7 Å². The normalized spacial score (nSPS) is 11.2. The second kappa shape index (κ2) is 5.48. The molecule has 2 N–H and O–H groups in total. The van der Waals surface area contributed by atoms with Crippen molar-refractivity contribution in [3.05, 3.63) is 53.9 Å². The number of nitrogens with zero attached hydrogens (tertiary/aromatic N) is 1. The van der Waals surface area contributed by atoms with E-state index >= 15 is 0 Å². The van der Waals surface area contributed by atoms with Gasteiger partial charge in [0, 0.05) is 5.69 Å². The van der Waals surface area contributed by atoms with Crippen LogP contribution in [0.1, 0.15) is 31.2 Å². The van der Waals surface area contributed by atoms with Gasteiger partial charge >= 0.3 is 0 Å². The number of oxazole rings is 1. The van der Waals surface area contributed by atoms with Crippen LogP contribution in [0.4, 0.5) is 5.69 Å². The number of hydrogen-bond donors (Lipinski definition) is 1. The van der Waals surface area contributed by atoms with Crippen LogP contribution in [-0.4, -0.2) is 4.98 Å². The number of nitrogen functional groups attached to an aromatic ring is 1. The molecule has 0 bridgehead atoms. The molecule has 0 saturated heterocycles. The maximum atomic E-state index is 5.86. The predicted molar refractivity (Wildman–Crippen MR) is 83.3 cm³/mol. The zero-order chi connectivity index (χ0) is 14.8.